The molecular weight excluding hydrogens is 352 g/mol. The number of H-pyrrole nitrogens is 1. The van der Waals surface area contributed by atoms with E-state index in [0.29, 0.717) is 13.0 Å². The minimum absolute atomic E-state index is 0.0530. The maximum absolute atomic E-state index is 13.0. The number of benzene rings is 2. The fourth-order valence-electron chi connectivity index (χ4n) is 4.37. The molecule has 2 amide bonds. The largest absolute Gasteiger partial charge is 0.340 e. The van der Waals surface area contributed by atoms with Crippen molar-refractivity contribution in [3.8, 4) is 0 Å². The van der Waals surface area contributed by atoms with Crippen molar-refractivity contribution < 1.29 is 9.59 Å². The van der Waals surface area contributed by atoms with Gasteiger partial charge in [0.1, 0.15) is 5.82 Å². The zero-order valence-corrected chi connectivity index (χ0v) is 15.8. The van der Waals surface area contributed by atoms with Gasteiger partial charge < -0.3 is 15.2 Å². The Morgan fingerprint density at radius 2 is 2.14 bits per heavy atom. The Kier molecular flexibility index (Phi) is 3.93. The van der Waals surface area contributed by atoms with Crippen LogP contribution >= 0.6 is 0 Å². The molecule has 142 valence electrons. The number of hydrogen-bond acceptors (Lipinski definition) is 3. The van der Waals surface area contributed by atoms with E-state index in [1.54, 1.807) is 0 Å². The summed E-state index contributed by atoms with van der Waals surface area (Å²) in [5, 5.41) is 3.01. The van der Waals surface area contributed by atoms with E-state index < -0.39 is 0 Å². The summed E-state index contributed by atoms with van der Waals surface area (Å²) in [4.78, 5) is 34.8. The monoisotopic (exact) mass is 374 g/mol. The predicted molar refractivity (Wildman–Crippen MR) is 108 cm³/mol. The lowest BCUT2D eigenvalue weighted by Crippen LogP contribution is -2.34. The van der Waals surface area contributed by atoms with Crippen LogP contribution in [0, 0.1) is 6.92 Å². The average molecular weight is 374 g/mol. The summed E-state index contributed by atoms with van der Waals surface area (Å²) in [6.45, 7) is 2.75. The lowest BCUT2D eigenvalue weighted by atomic mass is 10.1. The number of Topliss-reactive ketones (excluding diaryl/α,β-unsaturated/α-hetero) is 1. The fraction of sp³-hybridized carbons (Fsp3) is 0.318. The first kappa shape index (κ1) is 17.0. The van der Waals surface area contributed by atoms with Gasteiger partial charge in [-0.15, -0.1) is 0 Å². The van der Waals surface area contributed by atoms with E-state index in [1.165, 1.54) is 0 Å². The zero-order chi connectivity index (χ0) is 19.3. The van der Waals surface area contributed by atoms with Crippen LogP contribution in [0.1, 0.15) is 52.6 Å². The number of anilines is 1. The number of aromatic amines is 1. The molecule has 1 saturated heterocycles. The summed E-state index contributed by atoms with van der Waals surface area (Å²) in [6, 6.07) is 11.5. The lowest BCUT2D eigenvalue weighted by Gasteiger charge is -2.23. The second-order valence-corrected chi connectivity index (χ2v) is 7.67. The molecule has 6 nitrogen and oxygen atoms in total. The van der Waals surface area contributed by atoms with Gasteiger partial charge in [-0.1, -0.05) is 12.1 Å². The van der Waals surface area contributed by atoms with Crippen LogP contribution in [0.2, 0.25) is 0 Å². The molecular formula is C22H22N4O2. The Hall–Kier alpha value is -3.15. The van der Waals surface area contributed by atoms with Gasteiger partial charge in [-0.3, -0.25) is 4.79 Å². The van der Waals surface area contributed by atoms with E-state index in [-0.39, 0.29) is 17.9 Å². The highest BCUT2D eigenvalue weighted by Gasteiger charge is 2.32. The van der Waals surface area contributed by atoms with E-state index in [0.717, 1.165) is 58.5 Å². The number of ketones is 1. The number of aryl methyl sites for hydroxylation is 2. The highest BCUT2D eigenvalue weighted by molar-refractivity contribution is 6.01. The van der Waals surface area contributed by atoms with Gasteiger partial charge in [0.15, 0.2) is 5.78 Å². The molecule has 2 N–H and O–H groups in total. The van der Waals surface area contributed by atoms with E-state index in [4.69, 9.17) is 4.98 Å². The molecule has 1 aliphatic heterocycles. The molecule has 2 heterocycles. The Labute approximate surface area is 163 Å². The van der Waals surface area contributed by atoms with Crippen molar-refractivity contribution in [2.24, 2.45) is 0 Å². The van der Waals surface area contributed by atoms with E-state index in [1.807, 2.05) is 48.2 Å². The third-order valence-electron chi connectivity index (χ3n) is 5.84. The van der Waals surface area contributed by atoms with Crippen LogP contribution in [0.5, 0.6) is 0 Å². The summed E-state index contributed by atoms with van der Waals surface area (Å²) >= 11 is 0. The number of carbonyl (C=O) groups is 2. The van der Waals surface area contributed by atoms with Gasteiger partial charge in [0.25, 0.3) is 0 Å². The summed E-state index contributed by atoms with van der Waals surface area (Å²) in [7, 11) is 0. The number of rotatable bonds is 2. The first-order valence-corrected chi connectivity index (χ1v) is 9.79. The third kappa shape index (κ3) is 2.76. The molecule has 1 aliphatic carbocycles. The van der Waals surface area contributed by atoms with Crippen LogP contribution in [-0.2, 0) is 6.42 Å². The maximum Gasteiger partial charge on any atom is 0.322 e. The summed E-state index contributed by atoms with van der Waals surface area (Å²) in [6.07, 6.45) is 3.16. The number of likely N-dealkylation sites (tertiary alicyclic amines) is 1. The SMILES string of the molecule is Cc1cccc2[nH]c(C3CCCN3C(=O)Nc3ccc4c(c3)CCC4=O)nc12. The molecule has 1 aromatic heterocycles. The van der Waals surface area contributed by atoms with Crippen molar-refractivity contribution in [1.29, 1.82) is 0 Å². The fourth-order valence-corrected chi connectivity index (χ4v) is 4.37. The average Bonchev–Trinajstić information content (AvgIpc) is 3.40. The topological polar surface area (TPSA) is 78.1 Å². The zero-order valence-electron chi connectivity index (χ0n) is 15.8. The molecule has 28 heavy (non-hydrogen) atoms. The van der Waals surface area contributed by atoms with Gasteiger partial charge in [0, 0.05) is 24.2 Å². The van der Waals surface area contributed by atoms with Crippen molar-refractivity contribution in [2.75, 3.05) is 11.9 Å². The summed E-state index contributed by atoms with van der Waals surface area (Å²) in [5.41, 5.74) is 5.65. The number of urea groups is 1. The molecule has 5 rings (SSSR count). The van der Waals surface area contributed by atoms with Gasteiger partial charge >= 0.3 is 6.03 Å². The van der Waals surface area contributed by atoms with Crippen molar-refractivity contribution in [1.82, 2.24) is 14.9 Å². The minimum atomic E-state index is -0.121. The first-order chi connectivity index (χ1) is 13.6. The van der Waals surface area contributed by atoms with Crippen LogP contribution in [-0.4, -0.2) is 33.2 Å². The van der Waals surface area contributed by atoms with Gasteiger partial charge in [0.05, 0.1) is 17.1 Å². The first-order valence-electron chi connectivity index (χ1n) is 9.79. The number of nitrogens with one attached hydrogen (secondary N) is 2. The van der Waals surface area contributed by atoms with E-state index >= 15 is 0 Å². The third-order valence-corrected chi connectivity index (χ3v) is 5.84. The molecule has 1 fully saturated rings. The molecule has 0 radical (unpaired) electrons. The highest BCUT2D eigenvalue weighted by atomic mass is 16.2. The smallest absolute Gasteiger partial charge is 0.322 e. The van der Waals surface area contributed by atoms with Crippen molar-refractivity contribution in [3.63, 3.8) is 0 Å². The molecule has 1 unspecified atom stereocenters. The van der Waals surface area contributed by atoms with Crippen LogP contribution in [0.15, 0.2) is 36.4 Å². The Balaban J connectivity index is 1.38. The van der Waals surface area contributed by atoms with Gasteiger partial charge in [-0.05, 0) is 61.6 Å². The van der Waals surface area contributed by atoms with Crippen molar-refractivity contribution >= 4 is 28.5 Å². The molecule has 3 aromatic rings. The van der Waals surface area contributed by atoms with Crippen LogP contribution < -0.4 is 5.32 Å². The molecule has 6 heteroatoms. The Morgan fingerprint density at radius 1 is 1.25 bits per heavy atom. The van der Waals surface area contributed by atoms with Gasteiger partial charge in [0.2, 0.25) is 0 Å². The van der Waals surface area contributed by atoms with Crippen molar-refractivity contribution in [2.45, 2.75) is 38.6 Å². The second kappa shape index (κ2) is 6.48. The Morgan fingerprint density at radius 3 is 3.00 bits per heavy atom. The maximum atomic E-state index is 13.0. The number of amides is 2. The number of para-hydroxylation sites is 1. The standard InChI is InChI=1S/C22H22N4O2/c1-13-4-2-5-17-20(13)25-21(24-17)18-6-3-11-26(18)22(28)23-15-8-9-16-14(12-15)7-10-19(16)27/h2,4-5,8-9,12,18H,3,6-7,10-11H2,1H3,(H,23,28)(H,24,25). The molecule has 0 spiro atoms. The molecule has 2 aromatic carbocycles. The van der Waals surface area contributed by atoms with Crippen LogP contribution in [0.4, 0.5) is 10.5 Å². The van der Waals surface area contributed by atoms with Crippen LogP contribution in [0.3, 0.4) is 0 Å². The molecule has 0 bridgehead atoms. The highest BCUT2D eigenvalue weighted by Crippen LogP contribution is 2.33. The number of imidazole rings is 1. The number of fused-ring (bicyclic) bond motifs is 2. The summed E-state index contributed by atoms with van der Waals surface area (Å²) < 4.78 is 0. The molecule has 1 atom stereocenters. The van der Waals surface area contributed by atoms with Crippen LogP contribution in [0.25, 0.3) is 11.0 Å². The molecule has 2 aliphatic rings. The number of aromatic nitrogens is 2. The van der Waals surface area contributed by atoms with Gasteiger partial charge in [-0.2, -0.15) is 0 Å². The van der Waals surface area contributed by atoms with Gasteiger partial charge in [-0.25, -0.2) is 9.78 Å². The predicted octanol–water partition coefficient (Wildman–Crippen LogP) is 4.37. The van der Waals surface area contributed by atoms with E-state index in [9.17, 15) is 9.59 Å². The number of hydrogen-bond donors (Lipinski definition) is 2. The summed E-state index contributed by atoms with van der Waals surface area (Å²) in [5.74, 6) is 1.03. The Bertz CT molecular complexity index is 1100. The quantitative estimate of drug-likeness (QED) is 0.699. The van der Waals surface area contributed by atoms with Crippen molar-refractivity contribution in [3.05, 3.63) is 58.9 Å². The second-order valence-electron chi connectivity index (χ2n) is 7.67. The number of carbonyl (C=O) groups excluding carboxylic acids is 2. The lowest BCUT2D eigenvalue weighted by molar-refractivity contribution is 0.0994. The minimum Gasteiger partial charge on any atom is -0.340 e. The number of nitrogens with zero attached hydrogens (tertiary/aromatic N) is 2. The normalized spacial score (nSPS) is 18.7. The van der Waals surface area contributed by atoms with E-state index in [2.05, 4.69) is 10.3 Å². The molecule has 0 saturated carbocycles.